The van der Waals surface area contributed by atoms with Gasteiger partial charge in [0.05, 0.1) is 12.8 Å². The van der Waals surface area contributed by atoms with E-state index in [2.05, 4.69) is 20.8 Å². The second-order valence-corrected chi connectivity index (χ2v) is 5.61. The monoisotopic (exact) mass is 352 g/mol. The number of hydrogen-bond donors (Lipinski definition) is 2. The first kappa shape index (κ1) is 15.9. The van der Waals surface area contributed by atoms with E-state index < -0.39 is 0 Å². The molecule has 0 fully saturated rings. The summed E-state index contributed by atoms with van der Waals surface area (Å²) in [6, 6.07) is 12.5. The highest BCUT2D eigenvalue weighted by molar-refractivity contribution is 5.92. The normalized spacial score (nSPS) is 12.0. The van der Waals surface area contributed by atoms with Gasteiger partial charge in [-0.3, -0.25) is 4.79 Å². The van der Waals surface area contributed by atoms with Gasteiger partial charge in [-0.05, 0) is 42.0 Å². The Morgan fingerprint density at radius 1 is 1.04 bits per heavy atom. The van der Waals surface area contributed by atoms with Gasteiger partial charge in [-0.2, -0.15) is 0 Å². The first-order chi connectivity index (χ1) is 12.8. The maximum absolute atomic E-state index is 12.2. The molecule has 8 nitrogen and oxygen atoms in total. The summed E-state index contributed by atoms with van der Waals surface area (Å²) in [6.07, 6.45) is 1.61. The largest absolute Gasteiger partial charge is 0.467 e. The summed E-state index contributed by atoms with van der Waals surface area (Å²) in [6.45, 7) is 1.08. The highest BCUT2D eigenvalue weighted by Gasteiger charge is 2.14. The molecular formula is C18H16N4O4. The number of amides is 1. The maximum Gasteiger partial charge on any atom is 0.272 e. The van der Waals surface area contributed by atoms with Gasteiger partial charge in [0, 0.05) is 6.54 Å². The molecule has 132 valence electrons. The van der Waals surface area contributed by atoms with Crippen molar-refractivity contribution < 1.29 is 18.7 Å². The summed E-state index contributed by atoms with van der Waals surface area (Å²) in [7, 11) is 0. The van der Waals surface area contributed by atoms with Crippen molar-refractivity contribution in [1.29, 1.82) is 0 Å². The topological polar surface area (TPSA) is 98.5 Å². The fourth-order valence-corrected chi connectivity index (χ4v) is 2.46. The molecule has 0 saturated heterocycles. The molecule has 1 aromatic carbocycles. The van der Waals surface area contributed by atoms with Gasteiger partial charge < -0.3 is 24.5 Å². The number of hydrogen-bond acceptors (Lipinski definition) is 7. The van der Waals surface area contributed by atoms with Crippen LogP contribution >= 0.6 is 0 Å². The van der Waals surface area contributed by atoms with Crippen LogP contribution in [0.3, 0.4) is 0 Å². The third-order valence-electron chi connectivity index (χ3n) is 3.81. The second-order valence-electron chi connectivity index (χ2n) is 5.61. The van der Waals surface area contributed by atoms with Crippen molar-refractivity contribution in [3.8, 4) is 11.5 Å². The van der Waals surface area contributed by atoms with E-state index in [0.717, 1.165) is 11.3 Å². The Morgan fingerprint density at radius 3 is 2.77 bits per heavy atom. The number of carbonyl (C=O) groups is 1. The Morgan fingerprint density at radius 2 is 1.96 bits per heavy atom. The molecule has 3 heterocycles. The third-order valence-corrected chi connectivity index (χ3v) is 3.81. The zero-order valence-corrected chi connectivity index (χ0v) is 13.8. The van der Waals surface area contributed by atoms with Crippen LogP contribution in [0, 0.1) is 0 Å². The van der Waals surface area contributed by atoms with Gasteiger partial charge in [-0.1, -0.05) is 6.07 Å². The fourth-order valence-electron chi connectivity index (χ4n) is 2.46. The van der Waals surface area contributed by atoms with E-state index in [4.69, 9.17) is 13.9 Å². The average molecular weight is 352 g/mol. The van der Waals surface area contributed by atoms with Crippen LogP contribution in [0.25, 0.3) is 0 Å². The van der Waals surface area contributed by atoms with Crippen LogP contribution in [-0.4, -0.2) is 22.9 Å². The smallest absolute Gasteiger partial charge is 0.272 e. The lowest BCUT2D eigenvalue weighted by atomic mass is 10.2. The molecule has 1 aliphatic rings. The van der Waals surface area contributed by atoms with Crippen molar-refractivity contribution in [3.05, 3.63) is 65.7 Å². The summed E-state index contributed by atoms with van der Waals surface area (Å²) in [5, 5.41) is 13.8. The van der Waals surface area contributed by atoms with Crippen molar-refractivity contribution >= 4 is 11.7 Å². The lowest BCUT2D eigenvalue weighted by Gasteiger charge is -2.06. The van der Waals surface area contributed by atoms with Crippen LogP contribution < -0.4 is 20.1 Å². The number of ether oxygens (including phenoxy) is 2. The molecule has 0 atom stereocenters. The van der Waals surface area contributed by atoms with Crippen LogP contribution in [0.1, 0.15) is 21.8 Å². The molecule has 0 bridgehead atoms. The van der Waals surface area contributed by atoms with E-state index in [1.165, 1.54) is 0 Å². The number of rotatable bonds is 6. The third kappa shape index (κ3) is 3.59. The minimum Gasteiger partial charge on any atom is -0.467 e. The lowest BCUT2D eigenvalue weighted by Crippen LogP contribution is -2.24. The molecule has 0 spiro atoms. The molecule has 3 aromatic rings. The molecule has 1 amide bonds. The molecular weight excluding hydrogens is 336 g/mol. The van der Waals surface area contributed by atoms with Gasteiger partial charge in [-0.15, -0.1) is 10.2 Å². The van der Waals surface area contributed by atoms with Crippen molar-refractivity contribution in [3.63, 3.8) is 0 Å². The van der Waals surface area contributed by atoms with Crippen LogP contribution in [0.2, 0.25) is 0 Å². The quantitative estimate of drug-likeness (QED) is 0.702. The Kier molecular flexibility index (Phi) is 4.38. The SMILES string of the molecule is O=C(NCc1ccc2c(c1)OCO2)c1ccc(NCc2ccco2)nn1. The van der Waals surface area contributed by atoms with Gasteiger partial charge in [-0.25, -0.2) is 0 Å². The Balaban J connectivity index is 1.31. The Labute approximate surface area is 149 Å². The van der Waals surface area contributed by atoms with E-state index in [9.17, 15) is 4.79 Å². The fraction of sp³-hybridized carbons (Fsp3) is 0.167. The van der Waals surface area contributed by atoms with Gasteiger partial charge in [0.1, 0.15) is 11.6 Å². The highest BCUT2D eigenvalue weighted by atomic mass is 16.7. The standard InChI is InChI=1S/C18H16N4O4/c23-18(20-9-12-3-5-15-16(8-12)26-11-25-15)14-4-6-17(22-21-14)19-10-13-2-1-7-24-13/h1-8H,9-11H2,(H,19,22)(H,20,23). The Bertz CT molecular complexity index is 894. The summed E-state index contributed by atoms with van der Waals surface area (Å²) < 4.78 is 15.8. The number of aromatic nitrogens is 2. The predicted octanol–water partition coefficient (Wildman–Crippen LogP) is 2.34. The van der Waals surface area contributed by atoms with Gasteiger partial charge in [0.2, 0.25) is 6.79 Å². The molecule has 26 heavy (non-hydrogen) atoms. The van der Waals surface area contributed by atoms with Crippen LogP contribution in [0.15, 0.2) is 53.1 Å². The van der Waals surface area contributed by atoms with Gasteiger partial charge >= 0.3 is 0 Å². The maximum atomic E-state index is 12.2. The van der Waals surface area contributed by atoms with Crippen molar-refractivity contribution in [2.45, 2.75) is 13.1 Å². The molecule has 0 saturated carbocycles. The molecule has 2 aromatic heterocycles. The number of furan rings is 1. The summed E-state index contributed by atoms with van der Waals surface area (Å²) >= 11 is 0. The summed E-state index contributed by atoms with van der Waals surface area (Å²) in [5.41, 5.74) is 1.15. The predicted molar refractivity (Wildman–Crippen MR) is 91.8 cm³/mol. The number of nitrogens with one attached hydrogen (secondary N) is 2. The highest BCUT2D eigenvalue weighted by Crippen LogP contribution is 2.32. The van der Waals surface area contributed by atoms with Crippen LogP contribution in [-0.2, 0) is 13.1 Å². The molecule has 0 radical (unpaired) electrons. The van der Waals surface area contributed by atoms with E-state index in [1.807, 2.05) is 30.3 Å². The first-order valence-corrected chi connectivity index (χ1v) is 8.05. The molecule has 0 aliphatic carbocycles. The van der Waals surface area contributed by atoms with E-state index in [1.54, 1.807) is 18.4 Å². The average Bonchev–Trinajstić information content (AvgIpc) is 3.36. The number of anilines is 1. The Hall–Kier alpha value is -3.55. The van der Waals surface area contributed by atoms with Crippen LogP contribution in [0.4, 0.5) is 5.82 Å². The number of nitrogens with zero attached hydrogens (tertiary/aromatic N) is 2. The lowest BCUT2D eigenvalue weighted by molar-refractivity contribution is 0.0945. The zero-order valence-electron chi connectivity index (χ0n) is 13.8. The molecule has 1 aliphatic heterocycles. The summed E-state index contributed by atoms with van der Waals surface area (Å²) in [5.74, 6) is 2.45. The van der Waals surface area contributed by atoms with Crippen molar-refractivity contribution in [2.24, 2.45) is 0 Å². The van der Waals surface area contributed by atoms with Gasteiger partial charge in [0.25, 0.3) is 5.91 Å². The molecule has 0 unspecified atom stereocenters. The molecule has 8 heteroatoms. The van der Waals surface area contributed by atoms with Crippen molar-refractivity contribution in [2.75, 3.05) is 12.1 Å². The minimum absolute atomic E-state index is 0.223. The van der Waals surface area contributed by atoms with Crippen molar-refractivity contribution in [1.82, 2.24) is 15.5 Å². The van der Waals surface area contributed by atoms with E-state index >= 15 is 0 Å². The van der Waals surface area contributed by atoms with E-state index in [0.29, 0.717) is 30.4 Å². The molecule has 4 rings (SSSR count). The summed E-state index contributed by atoms with van der Waals surface area (Å²) in [4.78, 5) is 12.2. The number of fused-ring (bicyclic) bond motifs is 1. The first-order valence-electron chi connectivity index (χ1n) is 8.05. The minimum atomic E-state index is -0.298. The van der Waals surface area contributed by atoms with Gasteiger partial charge in [0.15, 0.2) is 17.2 Å². The molecule has 2 N–H and O–H groups in total. The van der Waals surface area contributed by atoms with Crippen LogP contribution in [0.5, 0.6) is 11.5 Å². The number of benzene rings is 1. The van der Waals surface area contributed by atoms with E-state index in [-0.39, 0.29) is 18.4 Å². The second kappa shape index (κ2) is 7.14. The zero-order chi connectivity index (χ0) is 17.8. The number of carbonyl (C=O) groups excluding carboxylic acids is 1.